The SMILES string of the molecule is NC(=O)c1cc(-c2cccnc2[C@H](Cc2cc(F)cc(F)c2)NC(=O)Cn2ncc3ccc(C(F)(F)F)cc32)ccc1F. The number of nitrogens with zero attached hydrogens (tertiary/aromatic N) is 3. The molecule has 13 heteroatoms. The lowest BCUT2D eigenvalue weighted by Crippen LogP contribution is -2.34. The van der Waals surface area contributed by atoms with Crippen LogP contribution in [0.25, 0.3) is 22.0 Å². The van der Waals surface area contributed by atoms with Gasteiger partial charge in [-0.1, -0.05) is 18.2 Å². The van der Waals surface area contributed by atoms with Crippen LogP contribution in [-0.4, -0.2) is 26.6 Å². The summed E-state index contributed by atoms with van der Waals surface area (Å²) in [4.78, 5) is 29.4. The Morgan fingerprint density at radius 2 is 1.70 bits per heavy atom. The van der Waals surface area contributed by atoms with Crippen LogP contribution in [-0.2, 0) is 23.9 Å². The summed E-state index contributed by atoms with van der Waals surface area (Å²) >= 11 is 0. The second-order valence-corrected chi connectivity index (χ2v) is 9.67. The third-order valence-corrected chi connectivity index (χ3v) is 6.67. The van der Waals surface area contributed by atoms with E-state index in [2.05, 4.69) is 15.4 Å². The van der Waals surface area contributed by atoms with Crippen molar-refractivity contribution in [1.82, 2.24) is 20.1 Å². The maximum Gasteiger partial charge on any atom is 0.416 e. The molecular formula is C30H21F6N5O2. The van der Waals surface area contributed by atoms with Gasteiger partial charge in [0.2, 0.25) is 5.91 Å². The highest BCUT2D eigenvalue weighted by molar-refractivity contribution is 5.94. The second kappa shape index (κ2) is 11.6. The molecule has 3 N–H and O–H groups in total. The summed E-state index contributed by atoms with van der Waals surface area (Å²) in [5, 5.41) is 7.15. The summed E-state index contributed by atoms with van der Waals surface area (Å²) in [7, 11) is 0. The molecule has 7 nitrogen and oxygen atoms in total. The molecule has 3 aromatic carbocycles. The first-order valence-corrected chi connectivity index (χ1v) is 12.7. The molecule has 0 saturated heterocycles. The molecule has 2 heterocycles. The summed E-state index contributed by atoms with van der Waals surface area (Å²) in [6, 6.07) is 11.6. The van der Waals surface area contributed by atoms with Crippen molar-refractivity contribution in [3.8, 4) is 11.1 Å². The minimum absolute atomic E-state index is 0.0672. The van der Waals surface area contributed by atoms with Crippen LogP contribution in [0.3, 0.4) is 0 Å². The molecule has 0 saturated carbocycles. The Morgan fingerprint density at radius 3 is 2.40 bits per heavy atom. The van der Waals surface area contributed by atoms with Crippen LogP contribution in [0.5, 0.6) is 0 Å². The number of primary amides is 1. The maximum atomic E-state index is 14.2. The quantitative estimate of drug-likeness (QED) is 0.223. The zero-order valence-corrected chi connectivity index (χ0v) is 22.0. The minimum Gasteiger partial charge on any atom is -0.366 e. The fraction of sp³-hybridized carbons (Fsp3) is 0.133. The molecule has 0 bridgehead atoms. The number of carbonyl (C=O) groups excluding carboxylic acids is 2. The largest absolute Gasteiger partial charge is 0.416 e. The number of alkyl halides is 3. The number of carbonyl (C=O) groups is 2. The second-order valence-electron chi connectivity index (χ2n) is 9.67. The minimum atomic E-state index is -4.61. The Kier molecular flexibility index (Phi) is 7.89. The van der Waals surface area contributed by atoms with Crippen LogP contribution < -0.4 is 11.1 Å². The lowest BCUT2D eigenvalue weighted by atomic mass is 9.94. The van der Waals surface area contributed by atoms with Gasteiger partial charge in [0.15, 0.2) is 0 Å². The number of rotatable bonds is 8. The van der Waals surface area contributed by atoms with E-state index < -0.39 is 53.6 Å². The topological polar surface area (TPSA) is 103 Å². The fourth-order valence-corrected chi connectivity index (χ4v) is 4.75. The van der Waals surface area contributed by atoms with Crippen molar-refractivity contribution in [2.45, 2.75) is 25.2 Å². The number of aromatic nitrogens is 3. The summed E-state index contributed by atoms with van der Waals surface area (Å²) in [6.07, 6.45) is -2.05. The number of nitrogens with two attached hydrogens (primary N) is 1. The van der Waals surface area contributed by atoms with Gasteiger partial charge >= 0.3 is 6.18 Å². The summed E-state index contributed by atoms with van der Waals surface area (Å²) < 4.78 is 83.3. The summed E-state index contributed by atoms with van der Waals surface area (Å²) in [5.74, 6) is -4.26. The van der Waals surface area contributed by atoms with E-state index in [1.807, 2.05) is 0 Å². The molecule has 220 valence electrons. The Labute approximate surface area is 240 Å². The molecule has 0 radical (unpaired) electrons. The zero-order valence-electron chi connectivity index (χ0n) is 22.0. The van der Waals surface area contributed by atoms with Crippen molar-refractivity contribution in [3.05, 3.63) is 119 Å². The normalized spacial score (nSPS) is 12.3. The standard InChI is InChI=1S/C30H21F6N5O2/c31-20-8-16(9-21(32)13-20)10-25(28-22(2-1-7-38-28)17-4-6-24(33)23(11-17)29(37)43)40-27(42)15-41-26-12-19(30(34,35)36)5-3-18(26)14-39-41/h1-9,11-14,25H,10,15H2,(H2,37,43)(H,40,42)/t25-/m0/s1. The van der Waals surface area contributed by atoms with Gasteiger partial charge in [-0.2, -0.15) is 18.3 Å². The summed E-state index contributed by atoms with van der Waals surface area (Å²) in [5.41, 5.74) is 5.10. The third kappa shape index (κ3) is 6.50. The molecule has 2 amide bonds. The average Bonchev–Trinajstić information content (AvgIpc) is 3.33. The lowest BCUT2D eigenvalue weighted by molar-refractivity contribution is -0.137. The van der Waals surface area contributed by atoms with E-state index in [0.29, 0.717) is 22.6 Å². The van der Waals surface area contributed by atoms with E-state index in [9.17, 15) is 35.9 Å². The van der Waals surface area contributed by atoms with Gasteiger partial charge < -0.3 is 11.1 Å². The first-order valence-electron chi connectivity index (χ1n) is 12.7. The van der Waals surface area contributed by atoms with Crippen LogP contribution in [0.15, 0.2) is 79.1 Å². The predicted molar refractivity (Wildman–Crippen MR) is 144 cm³/mol. The van der Waals surface area contributed by atoms with Gasteiger partial charge in [0.25, 0.3) is 5.91 Å². The van der Waals surface area contributed by atoms with Gasteiger partial charge in [0, 0.05) is 23.2 Å². The van der Waals surface area contributed by atoms with E-state index >= 15 is 0 Å². The number of fused-ring (bicyclic) bond motifs is 1. The van der Waals surface area contributed by atoms with E-state index in [0.717, 1.165) is 35.0 Å². The first kappa shape index (κ1) is 29.3. The first-order chi connectivity index (χ1) is 20.4. The number of pyridine rings is 1. The molecule has 2 aromatic heterocycles. The average molecular weight is 598 g/mol. The lowest BCUT2D eigenvalue weighted by Gasteiger charge is -2.22. The number of hydrogen-bond donors (Lipinski definition) is 2. The maximum absolute atomic E-state index is 14.2. The van der Waals surface area contributed by atoms with Crippen LogP contribution in [0.4, 0.5) is 26.3 Å². The molecule has 1 atom stereocenters. The molecule has 43 heavy (non-hydrogen) atoms. The number of benzene rings is 3. The van der Waals surface area contributed by atoms with E-state index in [1.54, 1.807) is 12.1 Å². The molecule has 0 unspecified atom stereocenters. The number of halogens is 6. The van der Waals surface area contributed by atoms with E-state index in [4.69, 9.17) is 5.73 Å². The van der Waals surface area contributed by atoms with Gasteiger partial charge in [-0.05, 0) is 60.0 Å². The van der Waals surface area contributed by atoms with Crippen LogP contribution in [0, 0.1) is 17.5 Å². The van der Waals surface area contributed by atoms with Gasteiger partial charge in [-0.3, -0.25) is 19.3 Å². The molecule has 0 fully saturated rings. The summed E-state index contributed by atoms with van der Waals surface area (Å²) in [6.45, 7) is -0.497. The molecule has 0 spiro atoms. The fourth-order valence-electron chi connectivity index (χ4n) is 4.75. The van der Waals surface area contributed by atoms with Crippen molar-refractivity contribution in [2.24, 2.45) is 5.73 Å². The van der Waals surface area contributed by atoms with Crippen molar-refractivity contribution < 1.29 is 35.9 Å². The number of nitrogens with one attached hydrogen (secondary N) is 1. The van der Waals surface area contributed by atoms with Crippen LogP contribution >= 0.6 is 0 Å². The molecule has 0 aliphatic rings. The molecule has 0 aliphatic heterocycles. The van der Waals surface area contributed by atoms with Gasteiger partial charge in [-0.15, -0.1) is 0 Å². The van der Waals surface area contributed by atoms with Crippen molar-refractivity contribution >= 4 is 22.7 Å². The van der Waals surface area contributed by atoms with Crippen molar-refractivity contribution in [2.75, 3.05) is 0 Å². The van der Waals surface area contributed by atoms with Crippen molar-refractivity contribution in [1.29, 1.82) is 0 Å². The number of hydrogen-bond acceptors (Lipinski definition) is 4. The smallest absolute Gasteiger partial charge is 0.366 e. The van der Waals surface area contributed by atoms with Gasteiger partial charge in [-0.25, -0.2) is 13.2 Å². The van der Waals surface area contributed by atoms with Crippen molar-refractivity contribution in [3.63, 3.8) is 0 Å². The number of amides is 2. The highest BCUT2D eigenvalue weighted by atomic mass is 19.4. The Balaban J connectivity index is 1.52. The molecule has 5 aromatic rings. The highest BCUT2D eigenvalue weighted by Gasteiger charge is 2.31. The molecule has 5 rings (SSSR count). The molecule has 0 aliphatic carbocycles. The Bertz CT molecular complexity index is 1830. The highest BCUT2D eigenvalue weighted by Crippen LogP contribution is 2.32. The monoisotopic (exact) mass is 597 g/mol. The Hall–Kier alpha value is -5.20. The predicted octanol–water partition coefficient (Wildman–Crippen LogP) is 5.73. The Morgan fingerprint density at radius 1 is 0.953 bits per heavy atom. The molecular weight excluding hydrogens is 576 g/mol. The zero-order chi connectivity index (χ0) is 30.9. The van der Waals surface area contributed by atoms with Gasteiger partial charge in [0.1, 0.15) is 24.0 Å². The van der Waals surface area contributed by atoms with Crippen LogP contribution in [0.2, 0.25) is 0 Å². The van der Waals surface area contributed by atoms with Gasteiger partial charge in [0.05, 0.1) is 34.6 Å². The van der Waals surface area contributed by atoms with Crippen LogP contribution in [0.1, 0.15) is 33.2 Å². The van der Waals surface area contributed by atoms with E-state index in [-0.39, 0.29) is 28.8 Å². The third-order valence-electron chi connectivity index (χ3n) is 6.67. The van der Waals surface area contributed by atoms with E-state index in [1.165, 1.54) is 30.6 Å².